The summed E-state index contributed by atoms with van der Waals surface area (Å²) in [5, 5.41) is 13.8. The van der Waals surface area contributed by atoms with Crippen molar-refractivity contribution in [2.45, 2.75) is 56.5 Å². The number of likely N-dealkylation sites (tertiary alicyclic amines) is 1. The second-order valence-corrected chi connectivity index (χ2v) is 15.0. The Morgan fingerprint density at radius 1 is 0.878 bits per heavy atom. The first-order chi connectivity index (χ1) is 23.4. The van der Waals surface area contributed by atoms with E-state index in [0.29, 0.717) is 38.5 Å². The van der Waals surface area contributed by atoms with Gasteiger partial charge < -0.3 is 25.0 Å². The molecule has 4 unspecified atom stereocenters. The van der Waals surface area contributed by atoms with Crippen molar-refractivity contribution in [3.05, 3.63) is 53.6 Å². The molecule has 0 radical (unpaired) electrons. The van der Waals surface area contributed by atoms with Crippen LogP contribution in [0.5, 0.6) is 11.8 Å². The number of fused-ring (bicyclic) bond motifs is 5. The number of nitrogens with zero attached hydrogens (tertiary/aromatic N) is 4. The van der Waals surface area contributed by atoms with Crippen molar-refractivity contribution in [3.63, 3.8) is 0 Å². The molecule has 2 N–H and O–H groups in total. The quantitative estimate of drug-likeness (QED) is 0.208. The lowest BCUT2D eigenvalue weighted by atomic mass is 9.95. The van der Waals surface area contributed by atoms with Gasteiger partial charge in [-0.15, -0.1) is 0 Å². The van der Waals surface area contributed by atoms with Gasteiger partial charge in [-0.25, -0.2) is 26.3 Å². The van der Waals surface area contributed by atoms with Crippen LogP contribution in [0.15, 0.2) is 30.3 Å². The van der Waals surface area contributed by atoms with E-state index in [2.05, 4.69) is 15.2 Å². The Morgan fingerprint density at radius 3 is 2.29 bits per heavy atom. The molecule has 0 amide bonds. The third-order valence-corrected chi connectivity index (χ3v) is 11.4. The van der Waals surface area contributed by atoms with Crippen molar-refractivity contribution in [2.24, 2.45) is 17.3 Å². The molecule has 5 aliphatic rings. The zero-order valence-corrected chi connectivity index (χ0v) is 26.6. The number of halogens is 6. The van der Waals surface area contributed by atoms with Crippen LogP contribution >= 0.6 is 0 Å². The number of hydrogen-bond acceptors (Lipinski definition) is 7. The van der Waals surface area contributed by atoms with Gasteiger partial charge >= 0.3 is 6.01 Å². The van der Waals surface area contributed by atoms with Gasteiger partial charge in [0, 0.05) is 79.4 Å². The van der Waals surface area contributed by atoms with Crippen LogP contribution in [0.2, 0.25) is 0 Å². The topological polar surface area (TPSA) is 73.8 Å². The molecule has 3 aliphatic heterocycles. The summed E-state index contributed by atoms with van der Waals surface area (Å²) in [5.41, 5.74) is -1.45. The Labute approximate surface area is 278 Å². The molecule has 4 aromatic rings. The molecule has 0 spiro atoms. The van der Waals surface area contributed by atoms with E-state index in [1.807, 2.05) is 4.90 Å². The standard InChI is InChI=1S/C36H35F6N5O2/c37-26-4-1-18-7-23(48)8-24(28(18)30(26)39)29-27(38)9-25-32(31(29)40)44-34(45-33(25)47-14-21-2-3-22(15-47)43-21)49-17-35(5-6-35)16-46-12-19-10-36(41,42)11-20(19)13-46/h1,4,7-9,19-22,43,48H,2-3,5-6,10-17H2. The summed E-state index contributed by atoms with van der Waals surface area (Å²) in [6, 6.07) is 5.72. The van der Waals surface area contributed by atoms with Crippen molar-refractivity contribution in [1.29, 1.82) is 0 Å². The fourth-order valence-corrected chi connectivity index (χ4v) is 8.96. The Hall–Kier alpha value is -3.84. The molecule has 3 saturated heterocycles. The number of alkyl halides is 2. The lowest BCUT2D eigenvalue weighted by molar-refractivity contribution is -0.00344. The second kappa shape index (κ2) is 11.1. The molecule has 49 heavy (non-hydrogen) atoms. The monoisotopic (exact) mass is 683 g/mol. The Bertz CT molecular complexity index is 1980. The lowest BCUT2D eigenvalue weighted by Crippen LogP contribution is -2.51. The highest BCUT2D eigenvalue weighted by Crippen LogP contribution is 2.51. The number of anilines is 1. The smallest absolute Gasteiger partial charge is 0.319 e. The van der Waals surface area contributed by atoms with E-state index in [9.17, 15) is 18.3 Å². The summed E-state index contributed by atoms with van der Waals surface area (Å²) in [6.45, 7) is 3.34. The first-order valence-corrected chi connectivity index (χ1v) is 17.0. The number of rotatable bonds is 7. The summed E-state index contributed by atoms with van der Waals surface area (Å²) in [4.78, 5) is 13.4. The van der Waals surface area contributed by atoms with Crippen molar-refractivity contribution < 1.29 is 36.2 Å². The van der Waals surface area contributed by atoms with Gasteiger partial charge in [0.1, 0.15) is 22.9 Å². The van der Waals surface area contributed by atoms with Crippen LogP contribution in [0.25, 0.3) is 32.8 Å². The summed E-state index contributed by atoms with van der Waals surface area (Å²) >= 11 is 0. The minimum Gasteiger partial charge on any atom is -0.508 e. The fourth-order valence-electron chi connectivity index (χ4n) is 8.96. The van der Waals surface area contributed by atoms with Gasteiger partial charge in [0.25, 0.3) is 0 Å². The van der Waals surface area contributed by atoms with Gasteiger partial charge in [-0.2, -0.15) is 9.97 Å². The van der Waals surface area contributed by atoms with E-state index < -0.39 is 34.8 Å². The maximum absolute atomic E-state index is 16.8. The zero-order valence-electron chi connectivity index (χ0n) is 26.6. The van der Waals surface area contributed by atoms with Crippen LogP contribution in [0.1, 0.15) is 38.5 Å². The van der Waals surface area contributed by atoms with Crippen molar-refractivity contribution in [1.82, 2.24) is 20.2 Å². The average molecular weight is 684 g/mol. The van der Waals surface area contributed by atoms with E-state index in [1.165, 1.54) is 12.1 Å². The van der Waals surface area contributed by atoms with Crippen LogP contribution in [0.4, 0.5) is 32.2 Å². The average Bonchev–Trinajstić information content (AvgIpc) is 3.47. The maximum Gasteiger partial charge on any atom is 0.319 e. The molecule has 1 aromatic heterocycles. The van der Waals surface area contributed by atoms with Gasteiger partial charge in [0.2, 0.25) is 5.92 Å². The van der Waals surface area contributed by atoms with Gasteiger partial charge in [0.15, 0.2) is 17.5 Å². The molecule has 258 valence electrons. The number of nitrogens with one attached hydrogen (secondary N) is 1. The summed E-state index contributed by atoms with van der Waals surface area (Å²) in [7, 11) is 0. The number of phenols is 1. The molecule has 7 nitrogen and oxygen atoms in total. The third-order valence-electron chi connectivity index (χ3n) is 11.4. The maximum atomic E-state index is 16.8. The first kappa shape index (κ1) is 31.2. The van der Waals surface area contributed by atoms with Gasteiger partial charge in [0.05, 0.1) is 12.2 Å². The van der Waals surface area contributed by atoms with Crippen LogP contribution in [-0.2, 0) is 0 Å². The SMILES string of the molecule is Oc1cc(-c2c(F)cc3c(N4CC5CCC(C4)N5)nc(OCC4(CN5CC6CC(F)(F)CC6C5)CC4)nc3c2F)c2c(F)c(F)ccc2c1. The van der Waals surface area contributed by atoms with Crippen LogP contribution in [0, 0.1) is 40.5 Å². The molecule has 2 saturated carbocycles. The number of phenolic OH excluding ortho intramolecular Hbond substituents is 1. The molecule has 9 rings (SSSR count). The number of benzene rings is 3. The lowest BCUT2D eigenvalue weighted by Gasteiger charge is -2.34. The highest BCUT2D eigenvalue weighted by Gasteiger charge is 2.53. The number of ether oxygens (including phenoxy) is 1. The minimum atomic E-state index is -2.58. The predicted molar refractivity (Wildman–Crippen MR) is 171 cm³/mol. The second-order valence-electron chi connectivity index (χ2n) is 15.0. The molecular formula is C36H35F6N5O2. The Morgan fingerprint density at radius 2 is 1.59 bits per heavy atom. The predicted octanol–water partition coefficient (Wildman–Crippen LogP) is 6.79. The van der Waals surface area contributed by atoms with E-state index in [0.717, 1.165) is 43.9 Å². The Balaban J connectivity index is 1.09. The molecule has 3 aromatic carbocycles. The number of piperazine rings is 1. The molecule has 4 atom stereocenters. The molecule has 4 heterocycles. The van der Waals surface area contributed by atoms with Crippen molar-refractivity contribution in [3.8, 4) is 22.9 Å². The third kappa shape index (κ3) is 5.44. The molecule has 2 bridgehead atoms. The normalized spacial score (nSPS) is 26.9. The highest BCUT2D eigenvalue weighted by molar-refractivity contribution is 6.02. The van der Waals surface area contributed by atoms with E-state index in [4.69, 9.17) is 9.72 Å². The highest BCUT2D eigenvalue weighted by atomic mass is 19.3. The summed E-state index contributed by atoms with van der Waals surface area (Å²) < 4.78 is 96.5. The number of hydrogen-bond donors (Lipinski definition) is 2. The molecule has 5 fully saturated rings. The van der Waals surface area contributed by atoms with Crippen LogP contribution in [-0.4, -0.2) is 77.3 Å². The van der Waals surface area contributed by atoms with Crippen molar-refractivity contribution >= 4 is 27.5 Å². The van der Waals surface area contributed by atoms with Crippen molar-refractivity contribution in [2.75, 3.05) is 44.2 Å². The van der Waals surface area contributed by atoms with E-state index >= 15 is 13.2 Å². The summed E-state index contributed by atoms with van der Waals surface area (Å²) in [6.07, 6.45) is 3.57. The van der Waals surface area contributed by atoms with E-state index in [-0.39, 0.29) is 87.8 Å². The number of aromatic nitrogens is 2. The molecule has 2 aliphatic carbocycles. The van der Waals surface area contributed by atoms with Gasteiger partial charge in [-0.1, -0.05) is 6.07 Å². The Kier molecular flexibility index (Phi) is 7.05. The van der Waals surface area contributed by atoms with Gasteiger partial charge in [-0.05, 0) is 67.2 Å². The fraction of sp³-hybridized carbons (Fsp3) is 0.500. The summed E-state index contributed by atoms with van der Waals surface area (Å²) in [5.74, 6) is -7.27. The van der Waals surface area contributed by atoms with E-state index in [1.54, 1.807) is 0 Å². The van der Waals surface area contributed by atoms with Crippen LogP contribution in [0.3, 0.4) is 0 Å². The van der Waals surface area contributed by atoms with Crippen LogP contribution < -0.4 is 15.0 Å². The zero-order chi connectivity index (χ0) is 33.8. The minimum absolute atomic E-state index is 0.00129. The van der Waals surface area contributed by atoms with Gasteiger partial charge in [-0.3, -0.25) is 0 Å². The first-order valence-electron chi connectivity index (χ1n) is 17.0. The number of aromatic hydroxyl groups is 1. The molecule has 13 heteroatoms. The largest absolute Gasteiger partial charge is 0.508 e. The molecular weight excluding hydrogens is 648 g/mol.